The van der Waals surface area contributed by atoms with E-state index in [0.717, 1.165) is 24.1 Å². The summed E-state index contributed by atoms with van der Waals surface area (Å²) in [4.78, 5) is 12.3. The minimum Gasteiger partial charge on any atom is -0.381 e. The Morgan fingerprint density at radius 3 is 2.75 bits per heavy atom. The number of ether oxygens (including phenoxy) is 1. The maximum absolute atomic E-state index is 14.2. The van der Waals surface area contributed by atoms with Crippen LogP contribution in [0.5, 0.6) is 0 Å². The number of nitrogens with zero attached hydrogens (tertiary/aromatic N) is 1. The van der Waals surface area contributed by atoms with Gasteiger partial charge in [-0.2, -0.15) is 5.10 Å². The van der Waals surface area contributed by atoms with Crippen LogP contribution in [-0.4, -0.2) is 29.5 Å². The van der Waals surface area contributed by atoms with E-state index in [1.807, 2.05) is 24.3 Å². The third-order valence-corrected chi connectivity index (χ3v) is 6.22. The highest BCUT2D eigenvalue weighted by Crippen LogP contribution is 2.45. The summed E-state index contributed by atoms with van der Waals surface area (Å²) in [5.74, 6) is -0.288. The number of anilines is 1. The highest BCUT2D eigenvalue weighted by atomic mass is 35.5. The van der Waals surface area contributed by atoms with E-state index >= 15 is 0 Å². The second-order valence-electron chi connectivity index (χ2n) is 7.43. The molecule has 0 unspecified atom stereocenters. The maximum Gasteiger partial charge on any atom is 0.272 e. The van der Waals surface area contributed by atoms with Crippen molar-refractivity contribution < 1.29 is 9.13 Å². The van der Waals surface area contributed by atoms with E-state index in [1.54, 1.807) is 0 Å². The molecular weight excluding hydrogens is 381 g/mol. The number of hydrogen-bond donors (Lipinski definition) is 2. The number of halogens is 2. The summed E-state index contributed by atoms with van der Waals surface area (Å²) in [5.41, 5.74) is 1.89. The SMILES string of the molecule is O=c1[nH]nc2c3c(cc(F)cc13)N[C@@H](C1CCOCC1)[C@@H]2c1ccccc1Cl. The zero-order chi connectivity index (χ0) is 19.3. The number of nitrogens with one attached hydrogen (secondary N) is 2. The van der Waals surface area contributed by atoms with Crippen molar-refractivity contribution in [3.05, 3.63) is 68.8 Å². The monoisotopic (exact) mass is 399 g/mol. The second-order valence-corrected chi connectivity index (χ2v) is 7.84. The van der Waals surface area contributed by atoms with E-state index < -0.39 is 11.4 Å². The Kier molecular flexibility index (Phi) is 4.33. The number of hydrogen-bond acceptors (Lipinski definition) is 4. The van der Waals surface area contributed by atoms with Crippen molar-refractivity contribution in [3.8, 4) is 0 Å². The fraction of sp³-hybridized carbons (Fsp3) is 0.333. The molecule has 3 aromatic rings. The molecule has 2 aromatic carbocycles. The molecule has 0 spiro atoms. The van der Waals surface area contributed by atoms with Gasteiger partial charge in [-0.15, -0.1) is 0 Å². The van der Waals surface area contributed by atoms with Gasteiger partial charge >= 0.3 is 0 Å². The second kappa shape index (κ2) is 6.87. The Labute approximate surface area is 165 Å². The zero-order valence-corrected chi connectivity index (χ0v) is 15.8. The Morgan fingerprint density at radius 2 is 1.96 bits per heavy atom. The van der Waals surface area contributed by atoms with Crippen LogP contribution in [-0.2, 0) is 4.74 Å². The van der Waals surface area contributed by atoms with E-state index in [1.165, 1.54) is 12.1 Å². The van der Waals surface area contributed by atoms with Crippen LogP contribution in [0.15, 0.2) is 41.2 Å². The molecule has 5 nitrogen and oxygen atoms in total. The largest absolute Gasteiger partial charge is 0.381 e. The summed E-state index contributed by atoms with van der Waals surface area (Å²) in [7, 11) is 0. The molecule has 5 rings (SSSR count). The van der Waals surface area contributed by atoms with E-state index in [9.17, 15) is 9.18 Å². The summed E-state index contributed by atoms with van der Waals surface area (Å²) in [6.07, 6.45) is 1.80. The summed E-state index contributed by atoms with van der Waals surface area (Å²) in [6, 6.07) is 10.4. The van der Waals surface area contributed by atoms with Crippen LogP contribution in [0.1, 0.15) is 30.0 Å². The van der Waals surface area contributed by atoms with E-state index in [2.05, 4.69) is 15.5 Å². The fourth-order valence-electron chi connectivity index (χ4n) is 4.59. The molecule has 28 heavy (non-hydrogen) atoms. The van der Waals surface area contributed by atoms with Crippen molar-refractivity contribution in [1.82, 2.24) is 10.2 Å². The molecule has 1 fully saturated rings. The number of rotatable bonds is 2. The van der Waals surface area contributed by atoms with Gasteiger partial charge in [0.15, 0.2) is 0 Å². The Hall–Kier alpha value is -2.44. The van der Waals surface area contributed by atoms with Gasteiger partial charge in [-0.3, -0.25) is 4.79 Å². The van der Waals surface area contributed by atoms with Crippen molar-refractivity contribution in [2.45, 2.75) is 24.8 Å². The van der Waals surface area contributed by atoms with Gasteiger partial charge in [0.1, 0.15) is 5.82 Å². The third-order valence-electron chi connectivity index (χ3n) is 5.87. The maximum atomic E-state index is 14.2. The van der Waals surface area contributed by atoms with Gasteiger partial charge in [0.05, 0.1) is 17.0 Å². The highest BCUT2D eigenvalue weighted by Gasteiger charge is 2.39. The molecule has 2 aliphatic rings. The summed E-state index contributed by atoms with van der Waals surface area (Å²) >= 11 is 6.57. The van der Waals surface area contributed by atoms with Crippen molar-refractivity contribution in [2.75, 3.05) is 18.5 Å². The molecule has 1 aromatic heterocycles. The molecule has 0 amide bonds. The predicted molar refractivity (Wildman–Crippen MR) is 107 cm³/mol. The summed E-state index contributed by atoms with van der Waals surface area (Å²) in [6.45, 7) is 1.39. The predicted octanol–water partition coefficient (Wildman–Crippen LogP) is 4.07. The van der Waals surface area contributed by atoms with Crippen LogP contribution in [0.3, 0.4) is 0 Å². The van der Waals surface area contributed by atoms with E-state index in [4.69, 9.17) is 16.3 Å². The van der Waals surface area contributed by atoms with Crippen LogP contribution in [0, 0.1) is 11.7 Å². The quantitative estimate of drug-likeness (QED) is 0.681. The topological polar surface area (TPSA) is 67.0 Å². The Morgan fingerprint density at radius 1 is 1.18 bits per heavy atom. The van der Waals surface area contributed by atoms with Crippen molar-refractivity contribution in [3.63, 3.8) is 0 Å². The Bertz CT molecular complexity index is 1110. The smallest absolute Gasteiger partial charge is 0.272 e. The molecule has 0 saturated carbocycles. The normalized spacial score (nSPS) is 22.2. The van der Waals surface area contributed by atoms with Crippen molar-refractivity contribution in [2.24, 2.45) is 5.92 Å². The minimum absolute atomic E-state index is 0.0281. The lowest BCUT2D eigenvalue weighted by Gasteiger charge is -2.40. The van der Waals surface area contributed by atoms with Crippen LogP contribution in [0.4, 0.5) is 10.1 Å². The van der Waals surface area contributed by atoms with Gasteiger partial charge < -0.3 is 10.1 Å². The lowest BCUT2D eigenvalue weighted by Crippen LogP contribution is -2.42. The molecule has 0 radical (unpaired) electrons. The number of benzene rings is 2. The van der Waals surface area contributed by atoms with Gasteiger partial charge in [0.25, 0.3) is 5.56 Å². The molecule has 0 aliphatic carbocycles. The first-order chi connectivity index (χ1) is 13.6. The standard InChI is InChI=1S/C21H19ClFN3O2/c22-15-4-2-1-3-13(15)18-19(11-5-7-28-8-6-11)24-16-10-12(23)9-14-17(16)20(18)25-26-21(14)27/h1-4,9-11,18-19,24H,5-8H2,(H,26,27)/t18-,19-/m0/s1. The van der Waals surface area contributed by atoms with E-state index in [0.29, 0.717) is 40.6 Å². The molecule has 3 heterocycles. The summed E-state index contributed by atoms with van der Waals surface area (Å²) in [5, 5.41) is 12.1. The average Bonchev–Trinajstić information content (AvgIpc) is 2.71. The van der Waals surface area contributed by atoms with Crippen LogP contribution in [0.2, 0.25) is 5.02 Å². The summed E-state index contributed by atoms with van der Waals surface area (Å²) < 4.78 is 19.8. The first-order valence-corrected chi connectivity index (χ1v) is 9.82. The Balaban J connectivity index is 1.77. The van der Waals surface area contributed by atoms with Crippen molar-refractivity contribution >= 4 is 28.1 Å². The highest BCUT2D eigenvalue weighted by molar-refractivity contribution is 6.31. The molecule has 2 N–H and O–H groups in total. The van der Waals surface area contributed by atoms with Gasteiger partial charge in [-0.1, -0.05) is 29.8 Å². The number of H-pyrrole nitrogens is 1. The van der Waals surface area contributed by atoms with E-state index in [-0.39, 0.29) is 12.0 Å². The number of aromatic amines is 1. The lowest BCUT2D eigenvalue weighted by molar-refractivity contribution is 0.0587. The number of aromatic nitrogens is 2. The lowest BCUT2D eigenvalue weighted by atomic mass is 9.75. The zero-order valence-electron chi connectivity index (χ0n) is 15.0. The van der Waals surface area contributed by atoms with Gasteiger partial charge in [-0.05, 0) is 42.5 Å². The molecular formula is C21H19ClFN3O2. The van der Waals surface area contributed by atoms with Crippen LogP contribution in [0.25, 0.3) is 10.8 Å². The third kappa shape index (κ3) is 2.79. The first-order valence-electron chi connectivity index (χ1n) is 9.44. The molecule has 144 valence electrons. The molecule has 1 saturated heterocycles. The molecule has 7 heteroatoms. The van der Waals surface area contributed by atoms with Gasteiger partial charge in [0.2, 0.25) is 0 Å². The van der Waals surface area contributed by atoms with Crippen molar-refractivity contribution in [1.29, 1.82) is 0 Å². The van der Waals surface area contributed by atoms with Crippen LogP contribution >= 0.6 is 11.6 Å². The molecule has 0 bridgehead atoms. The molecule has 2 atom stereocenters. The van der Waals surface area contributed by atoms with Gasteiger partial charge in [-0.25, -0.2) is 9.49 Å². The van der Waals surface area contributed by atoms with Gasteiger partial charge in [0, 0.05) is 35.4 Å². The first kappa shape index (κ1) is 17.6. The average molecular weight is 400 g/mol. The molecule has 2 aliphatic heterocycles. The van der Waals surface area contributed by atoms with Crippen LogP contribution < -0.4 is 10.9 Å². The minimum atomic E-state index is -0.445. The fourth-order valence-corrected chi connectivity index (χ4v) is 4.85.